The molecule has 0 heterocycles. The van der Waals surface area contributed by atoms with Crippen molar-refractivity contribution < 1.29 is 4.74 Å². The number of hydrogen-bond acceptors (Lipinski definition) is 1. The van der Waals surface area contributed by atoms with E-state index in [1.54, 1.807) is 0 Å². The Hall–Kier alpha value is -1.28. The van der Waals surface area contributed by atoms with Crippen molar-refractivity contribution in [1.29, 1.82) is 0 Å². The molecule has 2 aromatic rings. The Kier molecular flexibility index (Phi) is 3.85. The van der Waals surface area contributed by atoms with E-state index in [0.29, 0.717) is 6.61 Å². The summed E-state index contributed by atoms with van der Waals surface area (Å²) < 4.78 is 6.79. The van der Waals surface area contributed by atoms with Gasteiger partial charge in [-0.3, -0.25) is 0 Å². The quantitative estimate of drug-likeness (QED) is 0.800. The van der Waals surface area contributed by atoms with Crippen molar-refractivity contribution in [2.45, 2.75) is 20.5 Å². The summed E-state index contributed by atoms with van der Waals surface area (Å²) in [5.41, 5.74) is 3.79. The standard InChI is InChI=1S/C15H15BrO/c1-11-7-8-13(12(2)9-11)10-17-15-6-4-3-5-14(15)16/h3-9H,10H2,1-2H3. The van der Waals surface area contributed by atoms with Crippen molar-refractivity contribution in [3.05, 3.63) is 63.6 Å². The number of ether oxygens (including phenoxy) is 1. The summed E-state index contributed by atoms with van der Waals surface area (Å²) in [5.74, 6) is 0.882. The number of para-hydroxylation sites is 1. The Morgan fingerprint density at radius 2 is 1.82 bits per heavy atom. The Labute approximate surface area is 111 Å². The number of halogens is 1. The van der Waals surface area contributed by atoms with Gasteiger partial charge in [-0.25, -0.2) is 0 Å². The number of rotatable bonds is 3. The Bertz CT molecular complexity index is 520. The normalized spacial score (nSPS) is 10.3. The summed E-state index contributed by atoms with van der Waals surface area (Å²) in [6.07, 6.45) is 0. The van der Waals surface area contributed by atoms with Gasteiger partial charge in [0.15, 0.2) is 0 Å². The summed E-state index contributed by atoms with van der Waals surface area (Å²) in [6, 6.07) is 14.3. The van der Waals surface area contributed by atoms with Gasteiger partial charge in [0, 0.05) is 0 Å². The second kappa shape index (κ2) is 5.37. The molecule has 2 aromatic carbocycles. The lowest BCUT2D eigenvalue weighted by atomic mass is 10.1. The molecular formula is C15H15BrO. The third kappa shape index (κ3) is 3.10. The molecule has 2 rings (SSSR count). The molecule has 0 N–H and O–H groups in total. The topological polar surface area (TPSA) is 9.23 Å². The first-order valence-electron chi connectivity index (χ1n) is 5.60. The molecule has 0 atom stereocenters. The van der Waals surface area contributed by atoms with Crippen LogP contribution < -0.4 is 4.74 Å². The van der Waals surface area contributed by atoms with Crippen molar-refractivity contribution in [3.8, 4) is 5.75 Å². The minimum Gasteiger partial charge on any atom is -0.488 e. The molecule has 0 bridgehead atoms. The summed E-state index contributed by atoms with van der Waals surface area (Å²) in [4.78, 5) is 0. The van der Waals surface area contributed by atoms with Crippen LogP contribution >= 0.6 is 15.9 Å². The Morgan fingerprint density at radius 1 is 1.06 bits per heavy atom. The number of benzene rings is 2. The van der Waals surface area contributed by atoms with Crippen LogP contribution in [-0.4, -0.2) is 0 Å². The molecule has 0 unspecified atom stereocenters. The van der Waals surface area contributed by atoms with E-state index < -0.39 is 0 Å². The van der Waals surface area contributed by atoms with Gasteiger partial charge >= 0.3 is 0 Å². The van der Waals surface area contributed by atoms with Gasteiger partial charge in [-0.15, -0.1) is 0 Å². The van der Waals surface area contributed by atoms with Gasteiger partial charge in [0.05, 0.1) is 4.47 Å². The fraction of sp³-hybridized carbons (Fsp3) is 0.200. The van der Waals surface area contributed by atoms with Gasteiger partial charge in [0.2, 0.25) is 0 Å². The maximum Gasteiger partial charge on any atom is 0.133 e. The lowest BCUT2D eigenvalue weighted by Gasteiger charge is -2.10. The number of hydrogen-bond donors (Lipinski definition) is 0. The van der Waals surface area contributed by atoms with Crippen LogP contribution in [0.5, 0.6) is 5.75 Å². The Morgan fingerprint density at radius 3 is 2.53 bits per heavy atom. The van der Waals surface area contributed by atoms with Gasteiger partial charge in [-0.05, 0) is 53.0 Å². The lowest BCUT2D eigenvalue weighted by molar-refractivity contribution is 0.303. The largest absolute Gasteiger partial charge is 0.488 e. The Balaban J connectivity index is 2.10. The molecule has 0 aliphatic heterocycles. The van der Waals surface area contributed by atoms with E-state index in [2.05, 4.69) is 48.0 Å². The average Bonchev–Trinajstić information content (AvgIpc) is 2.30. The molecule has 0 saturated carbocycles. The van der Waals surface area contributed by atoms with Crippen LogP contribution in [0.2, 0.25) is 0 Å². The van der Waals surface area contributed by atoms with E-state index in [9.17, 15) is 0 Å². The summed E-state index contributed by atoms with van der Waals surface area (Å²) >= 11 is 3.47. The highest BCUT2D eigenvalue weighted by Crippen LogP contribution is 2.25. The summed E-state index contributed by atoms with van der Waals surface area (Å²) in [5, 5.41) is 0. The van der Waals surface area contributed by atoms with Crippen molar-refractivity contribution in [1.82, 2.24) is 0 Å². The van der Waals surface area contributed by atoms with Crippen LogP contribution in [0.15, 0.2) is 46.9 Å². The number of aryl methyl sites for hydroxylation is 2. The second-order valence-corrected chi connectivity index (χ2v) is 5.00. The molecule has 0 saturated heterocycles. The zero-order valence-electron chi connectivity index (χ0n) is 10.0. The van der Waals surface area contributed by atoms with Gasteiger partial charge < -0.3 is 4.74 Å². The maximum absolute atomic E-state index is 5.80. The van der Waals surface area contributed by atoms with Gasteiger partial charge in [-0.2, -0.15) is 0 Å². The SMILES string of the molecule is Cc1ccc(COc2ccccc2Br)c(C)c1. The lowest BCUT2D eigenvalue weighted by Crippen LogP contribution is -1.98. The third-order valence-corrected chi connectivity index (χ3v) is 3.37. The first kappa shape index (κ1) is 12.2. The zero-order valence-corrected chi connectivity index (χ0v) is 11.6. The van der Waals surface area contributed by atoms with E-state index in [1.165, 1.54) is 16.7 Å². The van der Waals surface area contributed by atoms with Crippen molar-refractivity contribution >= 4 is 15.9 Å². The first-order valence-corrected chi connectivity index (χ1v) is 6.39. The summed E-state index contributed by atoms with van der Waals surface area (Å²) in [7, 11) is 0. The average molecular weight is 291 g/mol. The molecule has 0 amide bonds. The van der Waals surface area contributed by atoms with Crippen molar-refractivity contribution in [3.63, 3.8) is 0 Å². The molecule has 0 aromatic heterocycles. The highest BCUT2D eigenvalue weighted by Gasteiger charge is 2.02. The molecule has 0 radical (unpaired) electrons. The molecule has 0 aliphatic carbocycles. The van der Waals surface area contributed by atoms with E-state index in [1.807, 2.05) is 24.3 Å². The van der Waals surface area contributed by atoms with Crippen LogP contribution in [0.25, 0.3) is 0 Å². The molecule has 88 valence electrons. The molecular weight excluding hydrogens is 276 g/mol. The minimum absolute atomic E-state index is 0.606. The minimum atomic E-state index is 0.606. The molecule has 0 spiro atoms. The predicted molar refractivity (Wildman–Crippen MR) is 74.4 cm³/mol. The molecule has 1 nitrogen and oxygen atoms in total. The zero-order chi connectivity index (χ0) is 12.3. The van der Waals surface area contributed by atoms with Crippen molar-refractivity contribution in [2.24, 2.45) is 0 Å². The van der Waals surface area contributed by atoms with Crippen molar-refractivity contribution in [2.75, 3.05) is 0 Å². The second-order valence-electron chi connectivity index (χ2n) is 4.15. The van der Waals surface area contributed by atoms with E-state index in [4.69, 9.17) is 4.74 Å². The van der Waals surface area contributed by atoms with Crippen LogP contribution in [0.1, 0.15) is 16.7 Å². The monoisotopic (exact) mass is 290 g/mol. The van der Waals surface area contributed by atoms with E-state index >= 15 is 0 Å². The fourth-order valence-electron chi connectivity index (χ4n) is 1.73. The molecule has 17 heavy (non-hydrogen) atoms. The van der Waals surface area contributed by atoms with Crippen LogP contribution in [0, 0.1) is 13.8 Å². The maximum atomic E-state index is 5.80. The highest BCUT2D eigenvalue weighted by atomic mass is 79.9. The predicted octanol–water partition coefficient (Wildman–Crippen LogP) is 4.64. The van der Waals surface area contributed by atoms with Gasteiger partial charge in [0.1, 0.15) is 12.4 Å². The molecule has 2 heteroatoms. The molecule has 0 aliphatic rings. The van der Waals surface area contributed by atoms with Gasteiger partial charge in [-0.1, -0.05) is 35.9 Å². The summed E-state index contributed by atoms with van der Waals surface area (Å²) in [6.45, 7) is 4.83. The van der Waals surface area contributed by atoms with Crippen LogP contribution in [0.3, 0.4) is 0 Å². The van der Waals surface area contributed by atoms with E-state index in [0.717, 1.165) is 10.2 Å². The van der Waals surface area contributed by atoms with E-state index in [-0.39, 0.29) is 0 Å². The molecule has 0 fully saturated rings. The van der Waals surface area contributed by atoms with Crippen LogP contribution in [-0.2, 0) is 6.61 Å². The third-order valence-electron chi connectivity index (χ3n) is 2.72. The van der Waals surface area contributed by atoms with Crippen LogP contribution in [0.4, 0.5) is 0 Å². The first-order chi connectivity index (χ1) is 8.16. The fourth-order valence-corrected chi connectivity index (χ4v) is 2.12. The smallest absolute Gasteiger partial charge is 0.133 e. The highest BCUT2D eigenvalue weighted by molar-refractivity contribution is 9.10. The van der Waals surface area contributed by atoms with Gasteiger partial charge in [0.25, 0.3) is 0 Å².